The lowest BCUT2D eigenvalue weighted by atomic mass is 10.1. The molecule has 3 rings (SSSR count). The first-order chi connectivity index (χ1) is 9.33. The summed E-state index contributed by atoms with van der Waals surface area (Å²) in [6.07, 6.45) is 5.21. The second-order valence-corrected chi connectivity index (χ2v) is 4.97. The van der Waals surface area contributed by atoms with E-state index in [2.05, 4.69) is 15.4 Å². The smallest absolute Gasteiger partial charge is 0.138 e. The quantitative estimate of drug-likeness (QED) is 0.937. The Bertz CT molecular complexity index is 538. The van der Waals surface area contributed by atoms with Crippen LogP contribution in [0.15, 0.2) is 30.9 Å². The van der Waals surface area contributed by atoms with Gasteiger partial charge in [0, 0.05) is 24.3 Å². The minimum atomic E-state index is 0.412. The van der Waals surface area contributed by atoms with Gasteiger partial charge < -0.3 is 10.1 Å². The van der Waals surface area contributed by atoms with Crippen LogP contribution in [0.4, 0.5) is 5.69 Å². The lowest BCUT2D eigenvalue weighted by Gasteiger charge is -2.25. The predicted octanol–water partition coefficient (Wildman–Crippen LogP) is 2.51. The molecule has 0 bridgehead atoms. The highest BCUT2D eigenvalue weighted by atomic mass is 35.5. The molecule has 1 aromatic carbocycles. The summed E-state index contributed by atoms with van der Waals surface area (Å²) in [4.78, 5) is 3.98. The van der Waals surface area contributed by atoms with Gasteiger partial charge in [0.2, 0.25) is 0 Å². The van der Waals surface area contributed by atoms with E-state index in [-0.39, 0.29) is 0 Å². The van der Waals surface area contributed by atoms with Gasteiger partial charge in [-0.25, -0.2) is 9.67 Å². The van der Waals surface area contributed by atoms with Crippen molar-refractivity contribution in [2.75, 3.05) is 18.5 Å². The predicted molar refractivity (Wildman–Crippen MR) is 73.8 cm³/mol. The molecule has 1 N–H and O–H groups in total. The van der Waals surface area contributed by atoms with E-state index in [1.807, 2.05) is 18.2 Å². The number of hydrogen-bond donors (Lipinski definition) is 1. The second-order valence-electron chi connectivity index (χ2n) is 4.53. The lowest BCUT2D eigenvalue weighted by Crippen LogP contribution is -2.28. The molecule has 5 nitrogen and oxygen atoms in total. The molecule has 1 aromatic heterocycles. The third-order valence-electron chi connectivity index (χ3n) is 3.21. The average Bonchev–Trinajstić information content (AvgIpc) is 2.94. The van der Waals surface area contributed by atoms with Gasteiger partial charge in [-0.2, -0.15) is 5.10 Å². The Labute approximate surface area is 116 Å². The van der Waals surface area contributed by atoms with Crippen LogP contribution in [0, 0.1) is 0 Å². The molecule has 100 valence electrons. The molecule has 0 aliphatic carbocycles. The van der Waals surface area contributed by atoms with Crippen LogP contribution in [0.3, 0.4) is 0 Å². The number of nitrogens with one attached hydrogen (secondary N) is 1. The third kappa shape index (κ3) is 2.88. The molecular formula is C13H15ClN4O. The maximum Gasteiger partial charge on any atom is 0.138 e. The Balaban J connectivity index is 1.88. The van der Waals surface area contributed by atoms with Crippen LogP contribution in [0.2, 0.25) is 5.02 Å². The van der Waals surface area contributed by atoms with Gasteiger partial charge in [-0.3, -0.25) is 0 Å². The summed E-state index contributed by atoms with van der Waals surface area (Å²) in [7, 11) is 0. The normalized spacial score (nSPS) is 16.5. The first kappa shape index (κ1) is 12.4. The van der Waals surface area contributed by atoms with Crippen LogP contribution < -0.4 is 5.32 Å². The van der Waals surface area contributed by atoms with Crippen LogP contribution >= 0.6 is 11.6 Å². The van der Waals surface area contributed by atoms with Crippen LogP contribution in [0.5, 0.6) is 0 Å². The fourth-order valence-electron chi connectivity index (χ4n) is 2.22. The standard InChI is InChI=1S/C13H15ClN4O/c14-10-1-2-13(18-9-15-8-16-18)12(7-10)17-11-3-5-19-6-4-11/h1-2,7-9,11,17H,3-6H2. The molecule has 2 aromatic rings. The summed E-state index contributed by atoms with van der Waals surface area (Å²) in [5, 5.41) is 8.40. The van der Waals surface area contributed by atoms with Gasteiger partial charge in [0.25, 0.3) is 0 Å². The summed E-state index contributed by atoms with van der Waals surface area (Å²) < 4.78 is 7.10. The van der Waals surface area contributed by atoms with E-state index in [0.29, 0.717) is 11.1 Å². The van der Waals surface area contributed by atoms with E-state index in [4.69, 9.17) is 16.3 Å². The van der Waals surface area contributed by atoms with E-state index >= 15 is 0 Å². The number of aromatic nitrogens is 3. The number of nitrogens with zero attached hydrogens (tertiary/aromatic N) is 3. The minimum Gasteiger partial charge on any atom is -0.381 e. The molecule has 0 atom stereocenters. The molecule has 2 heterocycles. The van der Waals surface area contributed by atoms with Gasteiger partial charge >= 0.3 is 0 Å². The first-order valence-corrected chi connectivity index (χ1v) is 6.69. The fourth-order valence-corrected chi connectivity index (χ4v) is 2.39. The highest BCUT2D eigenvalue weighted by molar-refractivity contribution is 6.31. The van der Waals surface area contributed by atoms with Gasteiger partial charge in [0.15, 0.2) is 0 Å². The Hall–Kier alpha value is -1.59. The molecule has 0 spiro atoms. The van der Waals surface area contributed by atoms with Crippen molar-refractivity contribution in [3.05, 3.63) is 35.9 Å². The van der Waals surface area contributed by atoms with Gasteiger partial charge in [-0.1, -0.05) is 11.6 Å². The van der Waals surface area contributed by atoms with Gasteiger partial charge in [0.05, 0.1) is 11.4 Å². The summed E-state index contributed by atoms with van der Waals surface area (Å²) in [5.74, 6) is 0. The molecule has 19 heavy (non-hydrogen) atoms. The highest BCUT2D eigenvalue weighted by Crippen LogP contribution is 2.26. The zero-order valence-electron chi connectivity index (χ0n) is 10.4. The number of anilines is 1. The highest BCUT2D eigenvalue weighted by Gasteiger charge is 2.15. The third-order valence-corrected chi connectivity index (χ3v) is 3.44. The van der Waals surface area contributed by atoms with E-state index in [1.165, 1.54) is 6.33 Å². The molecule has 1 fully saturated rings. The van der Waals surface area contributed by atoms with Crippen LogP contribution in [0.1, 0.15) is 12.8 Å². The van der Waals surface area contributed by atoms with Crippen LogP contribution in [-0.2, 0) is 4.74 Å². The summed E-state index contributed by atoms with van der Waals surface area (Å²) in [6.45, 7) is 1.60. The Morgan fingerprint density at radius 2 is 2.16 bits per heavy atom. The van der Waals surface area contributed by atoms with Crippen LogP contribution in [0.25, 0.3) is 5.69 Å². The van der Waals surface area contributed by atoms with Crippen molar-refractivity contribution in [3.63, 3.8) is 0 Å². The molecule has 0 amide bonds. The maximum atomic E-state index is 6.09. The van der Waals surface area contributed by atoms with E-state index in [1.54, 1.807) is 11.0 Å². The van der Waals surface area contributed by atoms with E-state index in [0.717, 1.165) is 37.4 Å². The molecule has 1 aliphatic rings. The Morgan fingerprint density at radius 1 is 1.32 bits per heavy atom. The number of hydrogen-bond acceptors (Lipinski definition) is 4. The average molecular weight is 279 g/mol. The SMILES string of the molecule is Clc1ccc(-n2cncn2)c(NC2CCOCC2)c1. The van der Waals surface area contributed by atoms with Crippen molar-refractivity contribution in [3.8, 4) is 5.69 Å². The topological polar surface area (TPSA) is 52.0 Å². The molecule has 6 heteroatoms. The van der Waals surface area contributed by atoms with Crippen molar-refractivity contribution < 1.29 is 4.74 Å². The molecular weight excluding hydrogens is 264 g/mol. The monoisotopic (exact) mass is 278 g/mol. The summed E-state index contributed by atoms with van der Waals surface area (Å²) >= 11 is 6.09. The van der Waals surface area contributed by atoms with Crippen LogP contribution in [-0.4, -0.2) is 34.0 Å². The molecule has 1 saturated heterocycles. The van der Waals surface area contributed by atoms with Gasteiger partial charge in [0.1, 0.15) is 12.7 Å². The van der Waals surface area contributed by atoms with Crippen molar-refractivity contribution in [2.24, 2.45) is 0 Å². The minimum absolute atomic E-state index is 0.412. The molecule has 1 aliphatic heterocycles. The molecule has 0 saturated carbocycles. The van der Waals surface area contributed by atoms with Crippen molar-refractivity contribution >= 4 is 17.3 Å². The summed E-state index contributed by atoms with van der Waals surface area (Å²) in [5.41, 5.74) is 1.93. The Morgan fingerprint density at radius 3 is 2.89 bits per heavy atom. The maximum absolute atomic E-state index is 6.09. The van der Waals surface area contributed by atoms with Crippen molar-refractivity contribution in [1.82, 2.24) is 14.8 Å². The fraction of sp³-hybridized carbons (Fsp3) is 0.385. The van der Waals surface area contributed by atoms with Gasteiger partial charge in [-0.05, 0) is 31.0 Å². The first-order valence-electron chi connectivity index (χ1n) is 6.32. The van der Waals surface area contributed by atoms with Gasteiger partial charge in [-0.15, -0.1) is 0 Å². The van der Waals surface area contributed by atoms with Crippen molar-refractivity contribution in [1.29, 1.82) is 0 Å². The van der Waals surface area contributed by atoms with Crippen molar-refractivity contribution in [2.45, 2.75) is 18.9 Å². The largest absolute Gasteiger partial charge is 0.381 e. The lowest BCUT2D eigenvalue weighted by molar-refractivity contribution is 0.0904. The molecule has 0 unspecified atom stereocenters. The summed E-state index contributed by atoms with van der Waals surface area (Å²) in [6, 6.07) is 6.13. The Kier molecular flexibility index (Phi) is 3.66. The van der Waals surface area contributed by atoms with E-state index < -0.39 is 0 Å². The number of rotatable bonds is 3. The number of ether oxygens (including phenoxy) is 1. The zero-order chi connectivity index (χ0) is 13.1. The van der Waals surface area contributed by atoms with E-state index in [9.17, 15) is 0 Å². The zero-order valence-corrected chi connectivity index (χ0v) is 11.2. The number of halogens is 1. The molecule has 0 radical (unpaired) electrons. The number of benzene rings is 1. The second kappa shape index (κ2) is 5.59.